The smallest absolute Gasteiger partial charge is 0.409 e. The average Bonchev–Trinajstić information content (AvgIpc) is 1.60. The van der Waals surface area contributed by atoms with E-state index in [1.165, 1.54) is 59.7 Å². The van der Waals surface area contributed by atoms with Gasteiger partial charge in [-0.2, -0.15) is 0 Å². The number of carbonyl (C=O) groups is 14. The van der Waals surface area contributed by atoms with Crippen molar-refractivity contribution in [3.8, 4) is 0 Å². The number of aryl methyl sites for hydroxylation is 2. The van der Waals surface area contributed by atoms with Crippen molar-refractivity contribution >= 4 is 101 Å². The summed E-state index contributed by atoms with van der Waals surface area (Å²) in [5.41, 5.74) is 8.01. The fourth-order valence-electron chi connectivity index (χ4n) is 14.6. The van der Waals surface area contributed by atoms with E-state index in [9.17, 15) is 67.4 Å². The Kier molecular flexibility index (Phi) is 38.1. The van der Waals surface area contributed by atoms with Crippen molar-refractivity contribution in [2.24, 2.45) is 40.7 Å². The average molecular weight is 1620 g/mol. The van der Waals surface area contributed by atoms with Crippen LogP contribution in [0.5, 0.6) is 0 Å². The fourth-order valence-corrected chi connectivity index (χ4v) is 16.1. The van der Waals surface area contributed by atoms with Crippen molar-refractivity contribution in [3.05, 3.63) is 64.7 Å². The largest absolute Gasteiger partial charge is 0.481 e. The van der Waals surface area contributed by atoms with Crippen LogP contribution in [0, 0.1) is 48.9 Å². The van der Waals surface area contributed by atoms with Gasteiger partial charge >= 0.3 is 24.2 Å². The van der Waals surface area contributed by atoms with Gasteiger partial charge in [-0.15, -0.1) is 11.8 Å². The molecule has 5 rings (SSSR count). The van der Waals surface area contributed by atoms with Crippen molar-refractivity contribution in [3.63, 3.8) is 0 Å². The number of imide groups is 1. The van der Waals surface area contributed by atoms with Gasteiger partial charge in [0.05, 0.1) is 67.4 Å². The summed E-state index contributed by atoms with van der Waals surface area (Å²) < 4.78 is 23.9. The summed E-state index contributed by atoms with van der Waals surface area (Å²) >= 11 is 1.34. The first-order chi connectivity index (χ1) is 53.7. The summed E-state index contributed by atoms with van der Waals surface area (Å²) in [4.78, 5) is 197. The molecule has 9 N–H and O–H groups in total. The van der Waals surface area contributed by atoms with Crippen LogP contribution in [0.25, 0.3) is 0 Å². The highest BCUT2D eigenvalue weighted by atomic mass is 32.2. The highest BCUT2D eigenvalue weighted by Crippen LogP contribution is 2.52. The maximum atomic E-state index is 15.1. The molecule has 1 saturated carbocycles. The molecule has 0 spiro atoms. The molecule has 0 aromatic heterocycles. The van der Waals surface area contributed by atoms with Gasteiger partial charge in [0.25, 0.3) is 0 Å². The van der Waals surface area contributed by atoms with Crippen molar-refractivity contribution in [2.45, 2.75) is 226 Å². The molecular formula is C81H127N13O19S. The van der Waals surface area contributed by atoms with Crippen molar-refractivity contribution in [1.82, 2.24) is 56.0 Å². The minimum Gasteiger partial charge on any atom is -0.481 e. The number of aliphatic carboxylic acids is 1. The summed E-state index contributed by atoms with van der Waals surface area (Å²) in [5.74, 6) is -6.47. The van der Waals surface area contributed by atoms with Crippen LogP contribution in [0.3, 0.4) is 0 Å². The number of nitrogens with one attached hydrogen (secondary N) is 6. The number of hydrogen-bond acceptors (Lipinski definition) is 20. The third-order valence-electron chi connectivity index (χ3n) is 21.7. The number of amides is 13. The number of likely N-dealkylation sites (tertiary alicyclic amines) is 2. The zero-order valence-electron chi connectivity index (χ0n) is 70.0. The van der Waals surface area contributed by atoms with E-state index in [-0.39, 0.29) is 143 Å². The number of likely N-dealkylation sites (N-methyl/N-ethyl adjacent to an activating group) is 4. The first-order valence-electron chi connectivity index (χ1n) is 39.6. The van der Waals surface area contributed by atoms with Crippen LogP contribution >= 0.6 is 11.8 Å². The van der Waals surface area contributed by atoms with Gasteiger partial charge in [0.1, 0.15) is 30.8 Å². The number of carbonyl (C=O) groups excluding carboxylic acids is 13. The maximum absolute atomic E-state index is 15.1. The molecule has 0 radical (unpaired) electrons. The second kappa shape index (κ2) is 45.4. The van der Waals surface area contributed by atoms with Gasteiger partial charge in [-0.3, -0.25) is 62.5 Å². The van der Waals surface area contributed by atoms with Crippen LogP contribution in [0.2, 0.25) is 0 Å². The summed E-state index contributed by atoms with van der Waals surface area (Å²) in [7, 11) is 11.1. The maximum Gasteiger partial charge on any atom is 0.409 e. The van der Waals surface area contributed by atoms with Crippen molar-refractivity contribution in [2.75, 3.05) is 99.8 Å². The van der Waals surface area contributed by atoms with Crippen LogP contribution in [-0.2, 0) is 73.5 Å². The lowest BCUT2D eigenvalue weighted by Crippen LogP contribution is -2.59. The SMILES string of the molecule is CC[C@H](C)[C@@H]([C@@H](CC(=O)N1C[C@@H](OC(=O)N(C)CCN(C)C(=O)OCc2ccc(NC(=O)[C@H](CCCNC(N)=O)NC(=O)[C@@H](NC(=O)CCCCCN3C(=O)CC(SCC4(CC(=O)O)CC4)C3=O)C(C)C)cc2)C[C@H]1[C@H](OC)[C@@H](C)C(=O)NCC(=O)c1ccc(C)cc1C)OC)N(C)C(=O)[C@@H](NC(=O)[C@H](C(C)C)N(C)C)C(C)C. The molecule has 114 heavy (non-hydrogen) atoms. The summed E-state index contributed by atoms with van der Waals surface area (Å²) in [6.45, 7) is 19.9. The fraction of sp³-hybridized carbons (Fsp3) is 0.679. The molecular weight excluding hydrogens is 1490 g/mol. The Hall–Kier alpha value is -8.95. The first-order valence-corrected chi connectivity index (χ1v) is 40.7. The third kappa shape index (κ3) is 28.5. The molecule has 33 heteroatoms. The van der Waals surface area contributed by atoms with Gasteiger partial charge in [0.2, 0.25) is 53.2 Å². The highest BCUT2D eigenvalue weighted by molar-refractivity contribution is 8.00. The lowest BCUT2D eigenvalue weighted by atomic mass is 9.89. The Balaban J connectivity index is 1.18. The summed E-state index contributed by atoms with van der Waals surface area (Å²) in [6.07, 6.45) is -0.614. The summed E-state index contributed by atoms with van der Waals surface area (Å²) in [6, 6.07) is 5.86. The van der Waals surface area contributed by atoms with E-state index < -0.39 is 125 Å². The van der Waals surface area contributed by atoms with Gasteiger partial charge in [0, 0.05) is 97.8 Å². The number of benzene rings is 2. The Labute approximate surface area is 675 Å². The van der Waals surface area contributed by atoms with E-state index in [2.05, 4.69) is 31.9 Å². The number of urea groups is 1. The topological polar surface area (TPSA) is 414 Å². The molecule has 13 amide bonds. The second-order valence-electron chi connectivity index (χ2n) is 32.1. The van der Waals surface area contributed by atoms with Crippen LogP contribution < -0.4 is 37.6 Å². The number of anilines is 1. The summed E-state index contributed by atoms with van der Waals surface area (Å²) in [5, 5.41) is 25.3. The number of hydrogen-bond donors (Lipinski definition) is 8. The van der Waals surface area contributed by atoms with E-state index in [0.29, 0.717) is 48.3 Å². The molecule has 12 atom stereocenters. The van der Waals surface area contributed by atoms with Gasteiger partial charge < -0.3 is 81.3 Å². The first kappa shape index (κ1) is 95.6. The highest BCUT2D eigenvalue weighted by Gasteiger charge is 2.49. The number of primary amides is 1. The molecule has 636 valence electrons. The molecule has 1 aliphatic carbocycles. The molecule has 2 heterocycles. The lowest BCUT2D eigenvalue weighted by Gasteiger charge is -2.41. The van der Waals surface area contributed by atoms with Crippen molar-refractivity contribution in [1.29, 1.82) is 0 Å². The van der Waals surface area contributed by atoms with Crippen molar-refractivity contribution < 1.29 is 91.2 Å². The molecule has 1 unspecified atom stereocenters. The van der Waals surface area contributed by atoms with Gasteiger partial charge in [-0.25, -0.2) is 14.4 Å². The number of rotatable bonds is 47. The Morgan fingerprint density at radius 1 is 0.737 bits per heavy atom. The molecule has 3 aliphatic rings. The number of ether oxygens (including phenoxy) is 4. The van der Waals surface area contributed by atoms with Crippen LogP contribution in [-0.4, -0.2) is 272 Å². The normalized spacial score (nSPS) is 18.2. The number of unbranched alkanes of at least 4 members (excludes halogenated alkanes) is 2. The van der Waals surface area contributed by atoms with E-state index >= 15 is 4.79 Å². The number of carboxylic acid groups (broad SMARTS) is 1. The molecule has 3 fully saturated rings. The number of Topliss-reactive ketones (excluding diaryl/α,β-unsaturated/α-hetero) is 1. The minimum absolute atomic E-state index is 0.0120. The van der Waals surface area contributed by atoms with E-state index in [1.54, 1.807) is 63.1 Å². The van der Waals surface area contributed by atoms with E-state index in [1.807, 2.05) is 86.5 Å². The zero-order chi connectivity index (χ0) is 85.2. The Morgan fingerprint density at radius 2 is 1.39 bits per heavy atom. The van der Waals surface area contributed by atoms with E-state index in [0.717, 1.165) is 24.0 Å². The predicted octanol–water partition coefficient (Wildman–Crippen LogP) is 6.25. The number of ketones is 1. The molecule has 2 aliphatic heterocycles. The van der Waals surface area contributed by atoms with Crippen LogP contribution in [0.4, 0.5) is 20.1 Å². The monoisotopic (exact) mass is 1620 g/mol. The molecule has 2 saturated heterocycles. The zero-order valence-corrected chi connectivity index (χ0v) is 70.8. The number of nitrogens with two attached hydrogens (primary N) is 1. The van der Waals surface area contributed by atoms with Crippen LogP contribution in [0.15, 0.2) is 42.5 Å². The molecule has 0 bridgehead atoms. The number of nitrogens with zero attached hydrogens (tertiary/aromatic N) is 6. The number of thioether (sulfide) groups is 1. The minimum atomic E-state index is -1.14. The van der Waals surface area contributed by atoms with E-state index in [4.69, 9.17) is 24.7 Å². The Morgan fingerprint density at radius 3 is 1.96 bits per heavy atom. The second-order valence-corrected chi connectivity index (χ2v) is 33.3. The lowest BCUT2D eigenvalue weighted by molar-refractivity contribution is -0.148. The quantitative estimate of drug-likeness (QED) is 0.0206. The number of carboxylic acids is 1. The standard InChI is InChI=1S/C81H127N13O19S/c1-19-51(9)70(92(16)77(106)68(48(4)5)88-75(104)69(49(6)7)89(12)13)61(110-17)40-64(97)94-44-56(39-59(94)71(111-18)53(11)72(101)84-43-60(95)57-31-26-50(8)38-52(57)10)113-80(109)91(15)37-36-90(14)79(108)112-45-54-27-29-55(30-28-54)85-73(102)58(24-23-34-83-78(82)107)86-74(103)67(47(2)3)87-63(96)25-21-20-22-35-93-65(98)41-62(76(93)105)114-46-81(32-33-81)42-66(99)100/h26-31,38,47-49,51,53,56,58-59,61-62,67-71H,19-25,32-37,39-46H2,1-18H3,(H,84,101)(H,85,102)(H,86,103)(H,87,96)(H,88,104)(H,99,100)(H3,82,83,107)/t51-,53+,56-,58-,59-,61+,62?,67-,68-,69-,70-,71+/m0/s1. The number of methoxy groups -OCH3 is 2. The van der Waals surface area contributed by atoms with Gasteiger partial charge in [-0.05, 0) is 119 Å². The predicted molar refractivity (Wildman–Crippen MR) is 430 cm³/mol. The van der Waals surface area contributed by atoms with Gasteiger partial charge in [-0.1, -0.05) is 111 Å². The van der Waals surface area contributed by atoms with Crippen LogP contribution in [0.1, 0.15) is 173 Å². The third-order valence-corrected chi connectivity index (χ3v) is 23.3. The molecule has 2 aromatic rings. The van der Waals surface area contributed by atoms with Gasteiger partial charge in [0.15, 0.2) is 5.78 Å². The molecule has 2 aromatic carbocycles. The molecule has 32 nitrogen and oxygen atoms in total. The Bertz CT molecular complexity index is 3640.